The van der Waals surface area contributed by atoms with E-state index in [0.29, 0.717) is 6.42 Å². The fourth-order valence-electron chi connectivity index (χ4n) is 2.26. The minimum Gasteiger partial charge on any atom is -0.467 e. The summed E-state index contributed by atoms with van der Waals surface area (Å²) in [7, 11) is 1.31. The van der Waals surface area contributed by atoms with Crippen molar-refractivity contribution in [3.63, 3.8) is 0 Å². The van der Waals surface area contributed by atoms with Gasteiger partial charge < -0.3 is 9.84 Å². The van der Waals surface area contributed by atoms with Crippen LogP contribution in [-0.4, -0.2) is 24.3 Å². The van der Waals surface area contributed by atoms with Crippen LogP contribution in [0.15, 0.2) is 0 Å². The fraction of sp³-hybridized carbons (Fsp3) is 0.938. The summed E-state index contributed by atoms with van der Waals surface area (Å²) in [5.41, 5.74) is 0. The zero-order valence-corrected chi connectivity index (χ0v) is 12.8. The molecule has 0 saturated heterocycles. The van der Waals surface area contributed by atoms with Crippen LogP contribution in [0.1, 0.15) is 84.0 Å². The van der Waals surface area contributed by atoms with Gasteiger partial charge in [-0.1, -0.05) is 77.6 Å². The van der Waals surface area contributed by atoms with Gasteiger partial charge in [-0.2, -0.15) is 0 Å². The van der Waals surface area contributed by atoms with Crippen molar-refractivity contribution < 1.29 is 14.6 Å². The highest BCUT2D eigenvalue weighted by atomic mass is 16.5. The third kappa shape index (κ3) is 12.2. The third-order valence-electron chi connectivity index (χ3n) is 3.55. The smallest absolute Gasteiger partial charge is 0.334 e. The van der Waals surface area contributed by atoms with E-state index < -0.39 is 12.1 Å². The monoisotopic (exact) mass is 272 g/mol. The molecule has 3 nitrogen and oxygen atoms in total. The second kappa shape index (κ2) is 13.9. The van der Waals surface area contributed by atoms with Crippen molar-refractivity contribution >= 4 is 5.97 Å². The van der Waals surface area contributed by atoms with E-state index in [9.17, 15) is 9.90 Å². The molecule has 19 heavy (non-hydrogen) atoms. The van der Waals surface area contributed by atoms with Crippen molar-refractivity contribution in [3.8, 4) is 0 Å². The number of unbranched alkanes of at least 4 members (excludes halogenated alkanes) is 10. The van der Waals surface area contributed by atoms with Crippen molar-refractivity contribution in [3.05, 3.63) is 0 Å². The van der Waals surface area contributed by atoms with Crippen molar-refractivity contribution in [2.24, 2.45) is 0 Å². The van der Waals surface area contributed by atoms with Crippen LogP contribution in [0.25, 0.3) is 0 Å². The predicted octanol–water partition coefficient (Wildman–Crippen LogP) is 4.22. The molecule has 0 fully saturated rings. The van der Waals surface area contributed by atoms with Crippen molar-refractivity contribution in [1.29, 1.82) is 0 Å². The van der Waals surface area contributed by atoms with Gasteiger partial charge in [0.15, 0.2) is 6.10 Å². The Morgan fingerprint density at radius 3 is 1.74 bits per heavy atom. The van der Waals surface area contributed by atoms with Crippen LogP contribution in [0.3, 0.4) is 0 Å². The third-order valence-corrected chi connectivity index (χ3v) is 3.55. The lowest BCUT2D eigenvalue weighted by atomic mass is 10.0. The molecule has 1 N–H and O–H groups in total. The average Bonchev–Trinajstić information content (AvgIpc) is 2.43. The molecular formula is C16H32O3. The van der Waals surface area contributed by atoms with Gasteiger partial charge in [-0.05, 0) is 6.42 Å². The first kappa shape index (κ1) is 18.4. The van der Waals surface area contributed by atoms with E-state index in [4.69, 9.17) is 0 Å². The Kier molecular flexibility index (Phi) is 13.4. The van der Waals surface area contributed by atoms with E-state index in [2.05, 4.69) is 11.7 Å². The van der Waals surface area contributed by atoms with Crippen molar-refractivity contribution in [2.75, 3.05) is 7.11 Å². The Balaban J connectivity index is 3.12. The molecule has 0 aromatic rings. The molecule has 1 unspecified atom stereocenters. The van der Waals surface area contributed by atoms with E-state index >= 15 is 0 Å². The fourth-order valence-corrected chi connectivity index (χ4v) is 2.26. The Morgan fingerprint density at radius 1 is 0.895 bits per heavy atom. The molecule has 0 aromatic heterocycles. The topological polar surface area (TPSA) is 46.5 Å². The number of esters is 1. The van der Waals surface area contributed by atoms with E-state index in [1.54, 1.807) is 0 Å². The Labute approximate surface area is 118 Å². The van der Waals surface area contributed by atoms with Gasteiger partial charge in [0.25, 0.3) is 0 Å². The molecule has 0 spiro atoms. The van der Waals surface area contributed by atoms with Gasteiger partial charge in [-0.25, -0.2) is 4.79 Å². The number of ether oxygens (including phenoxy) is 1. The van der Waals surface area contributed by atoms with E-state index in [1.165, 1.54) is 64.9 Å². The maximum atomic E-state index is 11.0. The highest BCUT2D eigenvalue weighted by molar-refractivity contribution is 5.74. The number of carbonyl (C=O) groups excluding carboxylic acids is 1. The maximum Gasteiger partial charge on any atom is 0.334 e. The molecule has 114 valence electrons. The van der Waals surface area contributed by atoms with Crippen molar-refractivity contribution in [1.82, 2.24) is 0 Å². The SMILES string of the molecule is CCCCCCCCCCCCCC(O)C(=O)OC. The molecule has 0 aromatic carbocycles. The number of methoxy groups -OCH3 is 1. The lowest BCUT2D eigenvalue weighted by molar-refractivity contribution is -0.150. The lowest BCUT2D eigenvalue weighted by Crippen LogP contribution is -2.21. The van der Waals surface area contributed by atoms with E-state index in [-0.39, 0.29) is 0 Å². The summed E-state index contributed by atoms with van der Waals surface area (Å²) in [4.78, 5) is 11.0. The Hall–Kier alpha value is -0.570. The quantitative estimate of drug-likeness (QED) is 0.403. The van der Waals surface area contributed by atoms with Gasteiger partial charge in [-0.3, -0.25) is 0 Å². The van der Waals surface area contributed by atoms with Gasteiger partial charge in [0.05, 0.1) is 7.11 Å². The number of hydrogen-bond acceptors (Lipinski definition) is 3. The highest BCUT2D eigenvalue weighted by Gasteiger charge is 2.13. The second-order valence-corrected chi connectivity index (χ2v) is 5.36. The molecule has 0 aliphatic rings. The summed E-state index contributed by atoms with van der Waals surface area (Å²) < 4.78 is 4.47. The molecule has 0 bridgehead atoms. The zero-order valence-electron chi connectivity index (χ0n) is 12.8. The molecule has 0 aliphatic heterocycles. The van der Waals surface area contributed by atoms with Gasteiger partial charge in [0, 0.05) is 0 Å². The first-order chi connectivity index (χ1) is 9.22. The second-order valence-electron chi connectivity index (χ2n) is 5.36. The minimum atomic E-state index is -0.927. The normalized spacial score (nSPS) is 12.4. The van der Waals surface area contributed by atoms with Crippen LogP contribution in [0.2, 0.25) is 0 Å². The van der Waals surface area contributed by atoms with Crippen LogP contribution >= 0.6 is 0 Å². The summed E-state index contributed by atoms with van der Waals surface area (Å²) in [6.45, 7) is 2.25. The average molecular weight is 272 g/mol. The van der Waals surface area contributed by atoms with Crippen LogP contribution in [0.4, 0.5) is 0 Å². The summed E-state index contributed by atoms with van der Waals surface area (Å²) in [6, 6.07) is 0. The minimum absolute atomic E-state index is 0.507. The summed E-state index contributed by atoms with van der Waals surface area (Å²) in [6.07, 6.45) is 13.6. The van der Waals surface area contributed by atoms with Crippen LogP contribution in [0.5, 0.6) is 0 Å². The summed E-state index contributed by atoms with van der Waals surface area (Å²) in [5.74, 6) is -0.507. The molecule has 3 heteroatoms. The van der Waals surface area contributed by atoms with Gasteiger partial charge in [-0.15, -0.1) is 0 Å². The number of hydrogen-bond donors (Lipinski definition) is 1. The van der Waals surface area contributed by atoms with Gasteiger partial charge >= 0.3 is 5.97 Å². The molecule has 0 radical (unpaired) electrons. The lowest BCUT2D eigenvalue weighted by Gasteiger charge is -2.07. The summed E-state index contributed by atoms with van der Waals surface area (Å²) in [5, 5.41) is 9.39. The molecule has 0 heterocycles. The molecular weight excluding hydrogens is 240 g/mol. The number of aliphatic hydroxyl groups is 1. The standard InChI is InChI=1S/C16H32O3/c1-3-4-5-6-7-8-9-10-11-12-13-14-15(17)16(18)19-2/h15,17H,3-14H2,1-2H3. The summed E-state index contributed by atoms with van der Waals surface area (Å²) >= 11 is 0. The molecule has 0 amide bonds. The largest absolute Gasteiger partial charge is 0.467 e. The van der Waals surface area contributed by atoms with E-state index in [1.807, 2.05) is 0 Å². The van der Waals surface area contributed by atoms with Gasteiger partial charge in [0.1, 0.15) is 0 Å². The Morgan fingerprint density at radius 2 is 1.32 bits per heavy atom. The maximum absolute atomic E-state index is 11.0. The highest BCUT2D eigenvalue weighted by Crippen LogP contribution is 2.12. The molecule has 0 rings (SSSR count). The van der Waals surface area contributed by atoms with Gasteiger partial charge in [0.2, 0.25) is 0 Å². The molecule has 0 saturated carbocycles. The van der Waals surface area contributed by atoms with Crippen LogP contribution < -0.4 is 0 Å². The predicted molar refractivity (Wildman–Crippen MR) is 79.1 cm³/mol. The first-order valence-electron chi connectivity index (χ1n) is 7.98. The van der Waals surface area contributed by atoms with Crippen LogP contribution in [0, 0.1) is 0 Å². The number of carbonyl (C=O) groups is 1. The Bertz CT molecular complexity index is 204. The zero-order chi connectivity index (χ0) is 14.3. The van der Waals surface area contributed by atoms with Crippen LogP contribution in [-0.2, 0) is 9.53 Å². The van der Waals surface area contributed by atoms with Crippen molar-refractivity contribution in [2.45, 2.75) is 90.1 Å². The van der Waals surface area contributed by atoms with E-state index in [0.717, 1.165) is 12.8 Å². The molecule has 1 atom stereocenters. The number of rotatable bonds is 13. The molecule has 0 aliphatic carbocycles. The number of aliphatic hydroxyl groups excluding tert-OH is 1. The first-order valence-corrected chi connectivity index (χ1v) is 7.98.